The van der Waals surface area contributed by atoms with Crippen LogP contribution >= 0.6 is 22.6 Å². The molecule has 1 aliphatic heterocycles. The number of rotatable bonds is 4. The molecule has 1 aliphatic rings. The van der Waals surface area contributed by atoms with Crippen LogP contribution in [0, 0.1) is 9.39 Å². The number of halogens is 2. The number of phenolic OH excluding ortho intramolecular Hbond substituents is 1. The van der Waals surface area contributed by atoms with Gasteiger partial charge in [-0.15, -0.1) is 0 Å². The normalized spacial score (nSPS) is 15.8. The predicted molar refractivity (Wildman–Crippen MR) is 107 cm³/mol. The second-order valence-electron chi connectivity index (χ2n) is 5.69. The summed E-state index contributed by atoms with van der Waals surface area (Å²) in [6.45, 7) is 2.05. The lowest BCUT2D eigenvalue weighted by Crippen LogP contribution is -2.54. The highest BCUT2D eigenvalue weighted by Gasteiger charge is 2.38. The Morgan fingerprint density at radius 3 is 2.64 bits per heavy atom. The SMILES string of the molecule is CCOc1cc(/C=C2/C(=O)NC(=O)N(c3ccccc3F)C2=O)cc(I)c1O. The van der Waals surface area contributed by atoms with Gasteiger partial charge in [0.05, 0.1) is 15.9 Å². The van der Waals surface area contributed by atoms with Gasteiger partial charge in [0, 0.05) is 0 Å². The zero-order valence-corrected chi connectivity index (χ0v) is 16.7. The molecule has 7 nitrogen and oxygen atoms in total. The highest BCUT2D eigenvalue weighted by molar-refractivity contribution is 14.1. The zero-order chi connectivity index (χ0) is 20.4. The number of hydrogen-bond acceptors (Lipinski definition) is 5. The van der Waals surface area contributed by atoms with Gasteiger partial charge in [-0.25, -0.2) is 14.1 Å². The molecule has 144 valence electrons. The van der Waals surface area contributed by atoms with Crippen molar-refractivity contribution in [1.82, 2.24) is 5.32 Å². The fourth-order valence-corrected chi connectivity index (χ4v) is 3.24. The third kappa shape index (κ3) is 3.70. The van der Waals surface area contributed by atoms with E-state index in [-0.39, 0.29) is 22.8 Å². The van der Waals surface area contributed by atoms with Crippen LogP contribution in [0.2, 0.25) is 0 Å². The fraction of sp³-hybridized carbons (Fsp3) is 0.105. The number of amides is 4. The molecule has 0 spiro atoms. The Morgan fingerprint density at radius 2 is 1.96 bits per heavy atom. The minimum Gasteiger partial charge on any atom is -0.504 e. The molecule has 0 radical (unpaired) electrons. The van der Waals surface area contributed by atoms with Gasteiger partial charge in [-0.2, -0.15) is 0 Å². The average Bonchev–Trinajstić information content (AvgIpc) is 2.64. The number of nitrogens with one attached hydrogen (secondary N) is 1. The number of carbonyl (C=O) groups is 3. The van der Waals surface area contributed by atoms with Gasteiger partial charge in [0.2, 0.25) is 0 Å². The van der Waals surface area contributed by atoms with Crippen molar-refractivity contribution in [2.45, 2.75) is 6.92 Å². The van der Waals surface area contributed by atoms with Crippen molar-refractivity contribution < 1.29 is 28.6 Å². The van der Waals surface area contributed by atoms with Crippen molar-refractivity contribution in [3.63, 3.8) is 0 Å². The number of aromatic hydroxyl groups is 1. The highest BCUT2D eigenvalue weighted by Crippen LogP contribution is 2.34. The van der Waals surface area contributed by atoms with Gasteiger partial charge in [0.15, 0.2) is 11.5 Å². The number of barbiturate groups is 1. The van der Waals surface area contributed by atoms with Gasteiger partial charge >= 0.3 is 6.03 Å². The van der Waals surface area contributed by atoms with Crippen molar-refractivity contribution in [3.05, 3.63) is 56.9 Å². The Balaban J connectivity index is 2.06. The lowest BCUT2D eigenvalue weighted by atomic mass is 10.1. The first-order chi connectivity index (χ1) is 13.3. The van der Waals surface area contributed by atoms with Crippen LogP contribution in [0.5, 0.6) is 11.5 Å². The van der Waals surface area contributed by atoms with Crippen LogP contribution in [0.4, 0.5) is 14.9 Å². The van der Waals surface area contributed by atoms with E-state index in [9.17, 15) is 23.9 Å². The van der Waals surface area contributed by atoms with Crippen molar-refractivity contribution in [1.29, 1.82) is 0 Å². The number of carbonyl (C=O) groups excluding carboxylic acids is 3. The summed E-state index contributed by atoms with van der Waals surface area (Å²) in [7, 11) is 0. The van der Waals surface area contributed by atoms with E-state index in [1.54, 1.807) is 6.92 Å². The summed E-state index contributed by atoms with van der Waals surface area (Å²) in [4.78, 5) is 37.7. The molecule has 1 fully saturated rings. The lowest BCUT2D eigenvalue weighted by Gasteiger charge is -2.26. The molecule has 0 saturated carbocycles. The van der Waals surface area contributed by atoms with E-state index in [0.29, 0.717) is 20.6 Å². The molecular formula is C19H14FIN2O5. The highest BCUT2D eigenvalue weighted by atomic mass is 127. The molecule has 1 heterocycles. The molecule has 0 aliphatic carbocycles. The van der Waals surface area contributed by atoms with E-state index < -0.39 is 23.7 Å². The quantitative estimate of drug-likeness (QED) is 0.385. The maximum Gasteiger partial charge on any atom is 0.336 e. The predicted octanol–water partition coefficient (Wildman–Crippen LogP) is 3.20. The number of imide groups is 2. The molecule has 28 heavy (non-hydrogen) atoms. The number of hydrogen-bond donors (Lipinski definition) is 2. The number of nitrogens with zero attached hydrogens (tertiary/aromatic N) is 1. The van der Waals surface area contributed by atoms with Crippen LogP contribution in [0.1, 0.15) is 12.5 Å². The molecule has 1 saturated heterocycles. The Labute approximate surface area is 172 Å². The van der Waals surface area contributed by atoms with E-state index >= 15 is 0 Å². The molecule has 4 amide bonds. The molecule has 2 aromatic rings. The van der Waals surface area contributed by atoms with Crippen LogP contribution in [-0.4, -0.2) is 29.6 Å². The van der Waals surface area contributed by atoms with Gasteiger partial charge in [-0.1, -0.05) is 12.1 Å². The molecule has 3 rings (SSSR count). The van der Waals surface area contributed by atoms with Gasteiger partial charge in [0.1, 0.15) is 11.4 Å². The van der Waals surface area contributed by atoms with Crippen molar-refractivity contribution >= 4 is 52.2 Å². The van der Waals surface area contributed by atoms with Gasteiger partial charge in [-0.05, 0) is 65.4 Å². The van der Waals surface area contributed by atoms with Crippen LogP contribution in [0.25, 0.3) is 6.08 Å². The molecule has 2 aromatic carbocycles. The summed E-state index contributed by atoms with van der Waals surface area (Å²) in [5.74, 6) is -2.51. The summed E-state index contributed by atoms with van der Waals surface area (Å²) in [6, 6.07) is 7.21. The first kappa shape index (κ1) is 19.8. The molecule has 0 atom stereocenters. The molecule has 0 unspecified atom stereocenters. The van der Waals surface area contributed by atoms with Crippen molar-refractivity contribution in [3.8, 4) is 11.5 Å². The second kappa shape index (κ2) is 7.97. The molecule has 2 N–H and O–H groups in total. The zero-order valence-electron chi connectivity index (χ0n) is 14.5. The number of anilines is 1. The van der Waals surface area contributed by atoms with Gasteiger partial charge in [0.25, 0.3) is 11.8 Å². The minimum atomic E-state index is -1.03. The van der Waals surface area contributed by atoms with E-state index in [2.05, 4.69) is 0 Å². The standard InChI is InChI=1S/C19H14FIN2O5/c1-2-28-15-9-10(8-13(21)16(15)24)7-11-17(25)22-19(27)23(18(11)26)14-6-4-3-5-12(14)20/h3-9,24H,2H2,1H3,(H,22,25,27)/b11-7-. The monoisotopic (exact) mass is 496 g/mol. The summed E-state index contributed by atoms with van der Waals surface area (Å²) in [5, 5.41) is 12.1. The van der Waals surface area contributed by atoms with Crippen molar-refractivity contribution in [2.24, 2.45) is 0 Å². The number of benzene rings is 2. The molecule has 0 aromatic heterocycles. The lowest BCUT2D eigenvalue weighted by molar-refractivity contribution is -0.122. The summed E-state index contributed by atoms with van der Waals surface area (Å²) in [5.41, 5.74) is -0.225. The number of phenols is 1. The fourth-order valence-electron chi connectivity index (χ4n) is 2.62. The number of para-hydroxylation sites is 1. The molecular weight excluding hydrogens is 482 g/mol. The average molecular weight is 496 g/mol. The van der Waals surface area contributed by atoms with Gasteiger partial charge < -0.3 is 9.84 Å². The maximum absolute atomic E-state index is 14.1. The van der Waals surface area contributed by atoms with Gasteiger partial charge in [-0.3, -0.25) is 14.9 Å². The molecule has 0 bridgehead atoms. The van der Waals surface area contributed by atoms with E-state index in [0.717, 1.165) is 6.07 Å². The van der Waals surface area contributed by atoms with Crippen LogP contribution < -0.4 is 15.0 Å². The summed E-state index contributed by atoms with van der Waals surface area (Å²) in [6.07, 6.45) is 1.25. The Bertz CT molecular complexity index is 1020. The largest absolute Gasteiger partial charge is 0.504 e. The minimum absolute atomic E-state index is 0.0628. The second-order valence-corrected chi connectivity index (χ2v) is 6.85. The van der Waals surface area contributed by atoms with Crippen LogP contribution in [0.3, 0.4) is 0 Å². The number of urea groups is 1. The maximum atomic E-state index is 14.1. The Kier molecular flexibility index (Phi) is 5.63. The molecule has 9 heteroatoms. The topological polar surface area (TPSA) is 95.9 Å². The van der Waals surface area contributed by atoms with E-state index in [4.69, 9.17) is 4.74 Å². The third-order valence-corrected chi connectivity index (χ3v) is 4.68. The van der Waals surface area contributed by atoms with E-state index in [1.165, 1.54) is 36.4 Å². The summed E-state index contributed by atoms with van der Waals surface area (Å²) >= 11 is 1.88. The first-order valence-corrected chi connectivity index (χ1v) is 9.22. The van der Waals surface area contributed by atoms with Crippen molar-refractivity contribution in [2.75, 3.05) is 11.5 Å². The van der Waals surface area contributed by atoms with E-state index in [1.807, 2.05) is 27.9 Å². The van der Waals surface area contributed by atoms with Crippen LogP contribution in [0.15, 0.2) is 42.0 Å². The third-order valence-electron chi connectivity index (χ3n) is 3.86. The smallest absolute Gasteiger partial charge is 0.336 e. The Morgan fingerprint density at radius 1 is 1.25 bits per heavy atom. The summed E-state index contributed by atoms with van der Waals surface area (Å²) < 4.78 is 19.9. The van der Waals surface area contributed by atoms with Crippen LogP contribution in [-0.2, 0) is 9.59 Å². The number of ether oxygens (including phenoxy) is 1. The first-order valence-electron chi connectivity index (χ1n) is 8.14. The Hall–Kier alpha value is -2.95.